The van der Waals surface area contributed by atoms with Gasteiger partial charge in [-0.05, 0) is 31.6 Å². The topological polar surface area (TPSA) is 52.6 Å². The van der Waals surface area contributed by atoms with Gasteiger partial charge in [-0.15, -0.1) is 0 Å². The van der Waals surface area contributed by atoms with E-state index in [1.54, 1.807) is 13.8 Å². The minimum absolute atomic E-state index is 0.0271. The van der Waals surface area contributed by atoms with E-state index in [1.807, 2.05) is 0 Å². The van der Waals surface area contributed by atoms with Crippen molar-refractivity contribution in [1.82, 2.24) is 0 Å². The third-order valence-corrected chi connectivity index (χ3v) is 3.85. The van der Waals surface area contributed by atoms with Crippen LogP contribution in [0.5, 0.6) is 0 Å². The lowest BCUT2D eigenvalue weighted by atomic mass is 9.65. The quantitative estimate of drug-likeness (QED) is 0.569. The largest absolute Gasteiger partial charge is 0.508 e. The molecule has 4 nitrogen and oxygen atoms in total. The molecule has 0 fully saturated rings. The molecule has 0 aromatic carbocycles. The minimum Gasteiger partial charge on any atom is -0.435 e. The van der Waals surface area contributed by atoms with E-state index in [9.17, 15) is 9.59 Å². The van der Waals surface area contributed by atoms with Gasteiger partial charge in [0.2, 0.25) is 0 Å². The van der Waals surface area contributed by atoms with Gasteiger partial charge in [0.25, 0.3) is 0 Å². The Kier molecular flexibility index (Phi) is 5.78. The molecule has 0 aromatic heterocycles. The summed E-state index contributed by atoms with van der Waals surface area (Å²) in [6, 6.07) is 0. The van der Waals surface area contributed by atoms with Gasteiger partial charge in [-0.3, -0.25) is 4.79 Å². The molecule has 114 valence electrons. The van der Waals surface area contributed by atoms with Crippen molar-refractivity contribution in [2.45, 2.75) is 53.6 Å². The lowest BCUT2D eigenvalue weighted by molar-refractivity contribution is -0.130. The number of ether oxygens (including phenoxy) is 2. The molecule has 4 heteroatoms. The molecule has 0 heterocycles. The van der Waals surface area contributed by atoms with Crippen LogP contribution >= 0.6 is 0 Å². The minimum atomic E-state index is -0.705. The first-order valence-corrected chi connectivity index (χ1v) is 7.30. The first-order valence-electron chi connectivity index (χ1n) is 7.30. The molecule has 0 saturated carbocycles. The molecule has 0 spiro atoms. The van der Waals surface area contributed by atoms with E-state index in [2.05, 4.69) is 32.9 Å². The van der Waals surface area contributed by atoms with Crippen LogP contribution in [-0.4, -0.2) is 24.6 Å². The van der Waals surface area contributed by atoms with Crippen LogP contribution in [0.4, 0.5) is 4.79 Å². The normalized spacial score (nSPS) is 25.9. The van der Waals surface area contributed by atoms with Crippen LogP contribution < -0.4 is 0 Å². The molecular formula is C16H26O4. The fourth-order valence-corrected chi connectivity index (χ4v) is 3.03. The zero-order valence-corrected chi connectivity index (χ0v) is 13.1. The van der Waals surface area contributed by atoms with Gasteiger partial charge in [-0.25, -0.2) is 4.79 Å². The van der Waals surface area contributed by atoms with Gasteiger partial charge < -0.3 is 9.47 Å². The van der Waals surface area contributed by atoms with Crippen molar-refractivity contribution in [3.8, 4) is 0 Å². The Morgan fingerprint density at radius 1 is 1.40 bits per heavy atom. The predicted octanol–water partition coefficient (Wildman–Crippen LogP) is 3.75. The van der Waals surface area contributed by atoms with E-state index in [4.69, 9.17) is 9.47 Å². The number of hydrogen-bond donors (Lipinski definition) is 0. The maximum atomic E-state index is 12.5. The third-order valence-electron chi connectivity index (χ3n) is 3.85. The van der Waals surface area contributed by atoms with E-state index in [-0.39, 0.29) is 36.1 Å². The summed E-state index contributed by atoms with van der Waals surface area (Å²) >= 11 is 0. The molecule has 0 radical (unpaired) electrons. The van der Waals surface area contributed by atoms with E-state index in [1.165, 1.54) is 0 Å². The fourth-order valence-electron chi connectivity index (χ4n) is 3.03. The lowest BCUT2D eigenvalue weighted by Gasteiger charge is -2.39. The molecule has 0 N–H and O–H groups in total. The van der Waals surface area contributed by atoms with Gasteiger partial charge in [0.15, 0.2) is 0 Å². The average Bonchev–Trinajstić information content (AvgIpc) is 2.26. The van der Waals surface area contributed by atoms with E-state index in [0.717, 1.165) is 6.42 Å². The molecule has 0 amide bonds. The monoisotopic (exact) mass is 282 g/mol. The molecule has 1 rings (SSSR count). The molecule has 0 aliphatic heterocycles. The van der Waals surface area contributed by atoms with Crippen LogP contribution in [0, 0.1) is 17.3 Å². The maximum absolute atomic E-state index is 12.5. The predicted molar refractivity (Wildman–Crippen MR) is 77.4 cm³/mol. The summed E-state index contributed by atoms with van der Waals surface area (Å²) in [6.45, 7) is 10.0. The highest BCUT2D eigenvalue weighted by Gasteiger charge is 2.39. The van der Waals surface area contributed by atoms with Gasteiger partial charge >= 0.3 is 6.16 Å². The molecule has 0 bridgehead atoms. The van der Waals surface area contributed by atoms with Crippen LogP contribution in [0.1, 0.15) is 47.5 Å². The highest BCUT2D eigenvalue weighted by atomic mass is 16.7. The highest BCUT2D eigenvalue weighted by molar-refractivity contribution is 5.83. The molecule has 3 atom stereocenters. The van der Waals surface area contributed by atoms with Crippen LogP contribution in [-0.2, 0) is 14.3 Å². The Morgan fingerprint density at radius 2 is 2.05 bits per heavy atom. The van der Waals surface area contributed by atoms with Crippen molar-refractivity contribution in [1.29, 1.82) is 0 Å². The van der Waals surface area contributed by atoms with Crippen molar-refractivity contribution in [2.75, 3.05) is 6.61 Å². The number of carbonyl (C=O) groups excluding carboxylic acids is 2. The molecule has 1 aliphatic rings. The first-order chi connectivity index (χ1) is 9.27. The first kappa shape index (κ1) is 16.7. The van der Waals surface area contributed by atoms with Crippen LogP contribution in [0.3, 0.4) is 0 Å². The summed E-state index contributed by atoms with van der Waals surface area (Å²) < 4.78 is 9.77. The van der Waals surface area contributed by atoms with E-state index >= 15 is 0 Å². The van der Waals surface area contributed by atoms with Crippen molar-refractivity contribution in [3.63, 3.8) is 0 Å². The number of allylic oxidation sites excluding steroid dienone is 2. The summed E-state index contributed by atoms with van der Waals surface area (Å²) in [4.78, 5) is 23.7. The second-order valence-electron chi connectivity index (χ2n) is 6.24. The highest BCUT2D eigenvalue weighted by Crippen LogP contribution is 2.41. The summed E-state index contributed by atoms with van der Waals surface area (Å²) in [5.41, 5.74) is -0.0467. The maximum Gasteiger partial charge on any atom is 0.508 e. The summed E-state index contributed by atoms with van der Waals surface area (Å²) in [7, 11) is 0. The smallest absolute Gasteiger partial charge is 0.435 e. The Hall–Kier alpha value is -1.32. The van der Waals surface area contributed by atoms with Gasteiger partial charge in [-0.2, -0.15) is 0 Å². The lowest BCUT2D eigenvalue weighted by Crippen LogP contribution is -2.38. The van der Waals surface area contributed by atoms with Gasteiger partial charge in [-0.1, -0.05) is 32.9 Å². The zero-order valence-electron chi connectivity index (χ0n) is 13.1. The van der Waals surface area contributed by atoms with Gasteiger partial charge in [0, 0.05) is 12.3 Å². The molecule has 0 saturated heterocycles. The van der Waals surface area contributed by atoms with Gasteiger partial charge in [0.1, 0.15) is 11.9 Å². The number of hydrogen-bond acceptors (Lipinski definition) is 4. The molecule has 0 aromatic rings. The van der Waals surface area contributed by atoms with Crippen LogP contribution in [0.2, 0.25) is 0 Å². The average molecular weight is 282 g/mol. The second-order valence-corrected chi connectivity index (χ2v) is 6.24. The SMILES string of the molecule is CCOC(=O)OC(C)CC(=O)C1C(C)C=CCC1(C)C. The van der Waals surface area contributed by atoms with Crippen molar-refractivity contribution in [3.05, 3.63) is 12.2 Å². The molecule has 3 unspecified atom stereocenters. The van der Waals surface area contributed by atoms with E-state index in [0.29, 0.717) is 0 Å². The second kappa shape index (κ2) is 6.91. The molecule has 1 aliphatic carbocycles. The molecular weight excluding hydrogens is 256 g/mol. The zero-order chi connectivity index (χ0) is 15.3. The summed E-state index contributed by atoms with van der Waals surface area (Å²) in [6.07, 6.45) is 4.24. The fraction of sp³-hybridized carbons (Fsp3) is 0.750. The van der Waals surface area contributed by atoms with E-state index < -0.39 is 12.3 Å². The number of Topliss-reactive ketones (excluding diaryl/α,β-unsaturated/α-hetero) is 1. The van der Waals surface area contributed by atoms with Crippen molar-refractivity contribution < 1.29 is 19.1 Å². The van der Waals surface area contributed by atoms with Crippen LogP contribution in [0.15, 0.2) is 12.2 Å². The third kappa shape index (κ3) is 4.36. The molecule has 20 heavy (non-hydrogen) atoms. The Morgan fingerprint density at radius 3 is 2.60 bits per heavy atom. The van der Waals surface area contributed by atoms with Crippen LogP contribution in [0.25, 0.3) is 0 Å². The summed E-state index contributed by atoms with van der Waals surface area (Å²) in [5.74, 6) is 0.352. The Balaban J connectivity index is 2.61. The van der Waals surface area contributed by atoms with Gasteiger partial charge in [0.05, 0.1) is 6.61 Å². The van der Waals surface area contributed by atoms with Crippen molar-refractivity contribution in [2.24, 2.45) is 17.3 Å². The number of ketones is 1. The summed E-state index contributed by atoms with van der Waals surface area (Å²) in [5, 5.41) is 0. The standard InChI is InChI=1S/C16H26O4/c1-6-19-15(18)20-12(3)10-13(17)14-11(2)8-7-9-16(14,4)5/h7-8,11-12,14H,6,9-10H2,1-5H3. The van der Waals surface area contributed by atoms with Crippen molar-refractivity contribution >= 4 is 11.9 Å². The number of rotatable bonds is 5. The number of carbonyl (C=O) groups is 2. The Labute approximate surface area is 121 Å². The Bertz CT molecular complexity index is 384.